The molecule has 0 spiro atoms. The number of rotatable bonds is 8. The summed E-state index contributed by atoms with van der Waals surface area (Å²) >= 11 is 12.1. The SMILES string of the molecule is CCCN1C(=O)/C(=C\c2ccc(OCc3ccc(Cl)c(Cl)c3)c(OCC)c2)c2ccccc21. The molecule has 0 saturated carbocycles. The number of para-hydroxylation sites is 1. The standard InChI is InChI=1S/C27H25Cl2NO3/c1-3-13-30-24-8-6-5-7-20(24)21(27(30)31)14-18-10-12-25(26(16-18)32-4-2)33-17-19-9-11-22(28)23(29)15-19/h5-12,14-16H,3-4,13,17H2,1-2H3/b21-14-. The highest BCUT2D eigenvalue weighted by atomic mass is 35.5. The number of ether oxygens (including phenoxy) is 2. The van der Waals surface area contributed by atoms with Gasteiger partial charge in [-0.3, -0.25) is 4.79 Å². The van der Waals surface area contributed by atoms with Crippen LogP contribution in [-0.2, 0) is 11.4 Å². The van der Waals surface area contributed by atoms with Gasteiger partial charge in [0.15, 0.2) is 11.5 Å². The molecule has 0 radical (unpaired) electrons. The molecule has 33 heavy (non-hydrogen) atoms. The molecule has 4 rings (SSSR count). The lowest BCUT2D eigenvalue weighted by Gasteiger charge is -2.15. The quantitative estimate of drug-likeness (QED) is 0.317. The van der Waals surface area contributed by atoms with Crippen molar-refractivity contribution < 1.29 is 14.3 Å². The van der Waals surface area contributed by atoms with Crippen molar-refractivity contribution in [3.05, 3.63) is 87.4 Å². The summed E-state index contributed by atoms with van der Waals surface area (Å²) in [5.41, 5.74) is 4.38. The minimum Gasteiger partial charge on any atom is -0.490 e. The average molecular weight is 482 g/mol. The molecular formula is C27H25Cl2NO3. The zero-order chi connectivity index (χ0) is 23.4. The van der Waals surface area contributed by atoms with E-state index in [2.05, 4.69) is 6.92 Å². The Morgan fingerprint density at radius 3 is 2.48 bits per heavy atom. The van der Waals surface area contributed by atoms with E-state index in [1.54, 1.807) is 12.1 Å². The number of halogens is 2. The van der Waals surface area contributed by atoms with E-state index in [0.717, 1.165) is 28.8 Å². The fourth-order valence-electron chi connectivity index (χ4n) is 3.85. The molecule has 1 aliphatic rings. The number of anilines is 1. The number of hydrogen-bond acceptors (Lipinski definition) is 3. The van der Waals surface area contributed by atoms with Crippen molar-refractivity contribution in [2.45, 2.75) is 26.9 Å². The number of carbonyl (C=O) groups excluding carboxylic acids is 1. The second kappa shape index (κ2) is 10.3. The van der Waals surface area contributed by atoms with Gasteiger partial charge in [-0.25, -0.2) is 0 Å². The first-order valence-electron chi connectivity index (χ1n) is 11.0. The molecule has 0 unspecified atom stereocenters. The first-order chi connectivity index (χ1) is 16.0. The summed E-state index contributed by atoms with van der Waals surface area (Å²) in [5, 5.41) is 0.997. The summed E-state index contributed by atoms with van der Waals surface area (Å²) in [4.78, 5) is 15.0. The lowest BCUT2D eigenvalue weighted by Crippen LogP contribution is -2.26. The molecule has 1 aliphatic heterocycles. The highest BCUT2D eigenvalue weighted by Gasteiger charge is 2.31. The van der Waals surface area contributed by atoms with E-state index in [1.807, 2.05) is 66.4 Å². The van der Waals surface area contributed by atoms with E-state index in [9.17, 15) is 4.79 Å². The van der Waals surface area contributed by atoms with Gasteiger partial charge in [0.05, 0.1) is 22.3 Å². The van der Waals surface area contributed by atoms with Crippen LogP contribution in [0, 0.1) is 0 Å². The van der Waals surface area contributed by atoms with Crippen LogP contribution in [0.1, 0.15) is 37.0 Å². The molecule has 6 heteroatoms. The maximum atomic E-state index is 13.1. The van der Waals surface area contributed by atoms with Crippen LogP contribution >= 0.6 is 23.2 Å². The Morgan fingerprint density at radius 1 is 0.909 bits per heavy atom. The van der Waals surface area contributed by atoms with Crippen LogP contribution in [0.5, 0.6) is 11.5 Å². The molecule has 4 nitrogen and oxygen atoms in total. The summed E-state index contributed by atoms with van der Waals surface area (Å²) in [6.45, 7) is 5.51. The Kier molecular flexibility index (Phi) is 7.26. The smallest absolute Gasteiger partial charge is 0.258 e. The maximum Gasteiger partial charge on any atom is 0.258 e. The number of hydrogen-bond donors (Lipinski definition) is 0. The van der Waals surface area contributed by atoms with Gasteiger partial charge in [-0.05, 0) is 60.9 Å². The van der Waals surface area contributed by atoms with Gasteiger partial charge in [-0.15, -0.1) is 0 Å². The van der Waals surface area contributed by atoms with Crippen LogP contribution in [0.3, 0.4) is 0 Å². The third-order valence-electron chi connectivity index (χ3n) is 5.36. The molecule has 0 atom stereocenters. The topological polar surface area (TPSA) is 38.8 Å². The van der Waals surface area contributed by atoms with Crippen LogP contribution in [0.25, 0.3) is 11.6 Å². The van der Waals surface area contributed by atoms with Crippen molar-refractivity contribution in [3.8, 4) is 11.5 Å². The van der Waals surface area contributed by atoms with Crippen molar-refractivity contribution in [3.63, 3.8) is 0 Å². The molecule has 3 aromatic rings. The van der Waals surface area contributed by atoms with Gasteiger partial charge in [0.2, 0.25) is 0 Å². The first kappa shape index (κ1) is 23.2. The Hall–Kier alpha value is -2.95. The van der Waals surface area contributed by atoms with Crippen LogP contribution < -0.4 is 14.4 Å². The van der Waals surface area contributed by atoms with E-state index in [1.165, 1.54) is 0 Å². The zero-order valence-corrected chi connectivity index (χ0v) is 20.1. The molecule has 3 aromatic carbocycles. The zero-order valence-electron chi connectivity index (χ0n) is 18.6. The minimum absolute atomic E-state index is 0.0240. The lowest BCUT2D eigenvalue weighted by atomic mass is 10.0. The van der Waals surface area contributed by atoms with E-state index in [4.69, 9.17) is 32.7 Å². The predicted octanol–water partition coefficient (Wildman–Crippen LogP) is 7.27. The molecule has 170 valence electrons. The van der Waals surface area contributed by atoms with Gasteiger partial charge in [-0.2, -0.15) is 0 Å². The van der Waals surface area contributed by atoms with Gasteiger partial charge in [0.1, 0.15) is 6.61 Å². The van der Waals surface area contributed by atoms with Gasteiger partial charge >= 0.3 is 0 Å². The second-order valence-electron chi connectivity index (χ2n) is 7.71. The normalized spacial score (nSPS) is 14.0. The second-order valence-corrected chi connectivity index (χ2v) is 8.52. The number of carbonyl (C=O) groups is 1. The maximum absolute atomic E-state index is 13.1. The highest BCUT2D eigenvalue weighted by Crippen LogP contribution is 2.38. The van der Waals surface area contributed by atoms with Gasteiger partial charge in [0, 0.05) is 17.7 Å². The Morgan fingerprint density at radius 2 is 1.73 bits per heavy atom. The van der Waals surface area contributed by atoms with E-state index < -0.39 is 0 Å². The molecule has 0 N–H and O–H groups in total. The summed E-state index contributed by atoms with van der Waals surface area (Å²) in [5.74, 6) is 1.27. The van der Waals surface area contributed by atoms with Crippen LogP contribution in [0.2, 0.25) is 10.0 Å². The number of nitrogens with zero attached hydrogens (tertiary/aromatic N) is 1. The van der Waals surface area contributed by atoms with Crippen molar-refractivity contribution in [2.24, 2.45) is 0 Å². The molecule has 0 bridgehead atoms. The molecular weight excluding hydrogens is 457 g/mol. The molecule has 1 amide bonds. The molecule has 0 aromatic heterocycles. The monoisotopic (exact) mass is 481 g/mol. The molecule has 0 aliphatic carbocycles. The summed E-state index contributed by atoms with van der Waals surface area (Å²) in [7, 11) is 0. The summed E-state index contributed by atoms with van der Waals surface area (Å²) in [6, 6.07) is 19.0. The third kappa shape index (κ3) is 5.02. The Balaban J connectivity index is 1.61. The number of amides is 1. The van der Waals surface area contributed by atoms with Crippen molar-refractivity contribution in [2.75, 3.05) is 18.1 Å². The Bertz CT molecular complexity index is 1210. The van der Waals surface area contributed by atoms with Gasteiger partial charge < -0.3 is 14.4 Å². The van der Waals surface area contributed by atoms with E-state index in [0.29, 0.717) is 46.9 Å². The fraction of sp³-hybridized carbons (Fsp3) is 0.222. The largest absolute Gasteiger partial charge is 0.490 e. The van der Waals surface area contributed by atoms with Crippen LogP contribution in [-0.4, -0.2) is 19.1 Å². The lowest BCUT2D eigenvalue weighted by molar-refractivity contribution is -0.113. The molecule has 1 heterocycles. The summed E-state index contributed by atoms with van der Waals surface area (Å²) in [6.07, 6.45) is 2.81. The van der Waals surface area contributed by atoms with Crippen LogP contribution in [0.4, 0.5) is 5.69 Å². The minimum atomic E-state index is 0.0240. The van der Waals surface area contributed by atoms with E-state index >= 15 is 0 Å². The van der Waals surface area contributed by atoms with Crippen molar-refractivity contribution >= 4 is 46.4 Å². The van der Waals surface area contributed by atoms with E-state index in [-0.39, 0.29) is 5.91 Å². The Labute approximate surface area is 204 Å². The number of fused-ring (bicyclic) bond motifs is 1. The first-order valence-corrected chi connectivity index (χ1v) is 11.7. The fourth-order valence-corrected chi connectivity index (χ4v) is 4.17. The van der Waals surface area contributed by atoms with Gasteiger partial charge in [0.25, 0.3) is 5.91 Å². The van der Waals surface area contributed by atoms with Crippen molar-refractivity contribution in [1.29, 1.82) is 0 Å². The summed E-state index contributed by atoms with van der Waals surface area (Å²) < 4.78 is 11.8. The number of benzene rings is 3. The molecule has 0 saturated heterocycles. The van der Waals surface area contributed by atoms with Crippen molar-refractivity contribution in [1.82, 2.24) is 0 Å². The van der Waals surface area contributed by atoms with Crippen LogP contribution in [0.15, 0.2) is 60.7 Å². The highest BCUT2D eigenvalue weighted by molar-refractivity contribution is 6.42. The predicted molar refractivity (Wildman–Crippen MR) is 135 cm³/mol. The molecule has 0 fully saturated rings. The average Bonchev–Trinajstić information content (AvgIpc) is 3.07. The third-order valence-corrected chi connectivity index (χ3v) is 6.10. The van der Waals surface area contributed by atoms with Gasteiger partial charge in [-0.1, -0.05) is 60.5 Å².